The van der Waals surface area contributed by atoms with Gasteiger partial charge in [0.05, 0.1) is 10.6 Å². The predicted octanol–water partition coefficient (Wildman–Crippen LogP) is 3.30. The standard InChI is InChI=1S/C20H22N2O4S/c1-15-7-8-19-16(13-15)14-26-20(23)22(19)17-9-11-21(12-10-17)27(24,25)18-5-3-2-4-6-18/h2-8,13,17H,9-12,14H2,1H3. The highest BCUT2D eigenvalue weighted by Crippen LogP contribution is 2.33. The SMILES string of the molecule is Cc1ccc2c(c1)COC(=O)N2C1CCN(S(=O)(=O)c2ccccc2)CC1. The van der Waals surface area contributed by atoms with Gasteiger partial charge in [-0.2, -0.15) is 4.31 Å². The number of nitrogens with zero attached hydrogens (tertiary/aromatic N) is 2. The number of fused-ring (bicyclic) bond motifs is 1. The number of piperidine rings is 1. The number of ether oxygens (including phenoxy) is 1. The number of anilines is 1. The molecule has 0 radical (unpaired) electrons. The zero-order valence-corrected chi connectivity index (χ0v) is 16.0. The Balaban J connectivity index is 1.52. The number of sulfonamides is 1. The third-order valence-corrected chi connectivity index (χ3v) is 7.12. The minimum absolute atomic E-state index is 0.0681. The normalized spacial score (nSPS) is 18.9. The van der Waals surface area contributed by atoms with Crippen molar-refractivity contribution in [2.24, 2.45) is 0 Å². The average molecular weight is 386 g/mol. The van der Waals surface area contributed by atoms with E-state index in [2.05, 4.69) is 0 Å². The first-order valence-corrected chi connectivity index (χ1v) is 10.5. The summed E-state index contributed by atoms with van der Waals surface area (Å²) in [4.78, 5) is 14.4. The zero-order chi connectivity index (χ0) is 19.0. The molecule has 0 saturated carbocycles. The molecule has 0 N–H and O–H groups in total. The van der Waals surface area contributed by atoms with Crippen LogP contribution in [0.3, 0.4) is 0 Å². The first-order chi connectivity index (χ1) is 13.0. The first kappa shape index (κ1) is 18.0. The van der Waals surface area contributed by atoms with Crippen LogP contribution in [0.2, 0.25) is 0 Å². The van der Waals surface area contributed by atoms with Gasteiger partial charge in [-0.3, -0.25) is 4.90 Å². The van der Waals surface area contributed by atoms with Crippen molar-refractivity contribution in [2.45, 2.75) is 37.3 Å². The van der Waals surface area contributed by atoms with Crippen molar-refractivity contribution in [1.29, 1.82) is 0 Å². The largest absolute Gasteiger partial charge is 0.444 e. The van der Waals surface area contributed by atoms with Crippen LogP contribution in [0.25, 0.3) is 0 Å². The molecule has 142 valence electrons. The molecule has 2 aliphatic rings. The highest BCUT2D eigenvalue weighted by Gasteiger charge is 2.37. The van der Waals surface area contributed by atoms with Crippen LogP contribution < -0.4 is 4.90 Å². The third-order valence-electron chi connectivity index (χ3n) is 5.21. The highest BCUT2D eigenvalue weighted by atomic mass is 32.2. The summed E-state index contributed by atoms with van der Waals surface area (Å²) < 4.78 is 32.4. The Hall–Kier alpha value is -2.38. The maximum absolute atomic E-state index is 12.8. The molecule has 2 aromatic rings. The van der Waals surface area contributed by atoms with Gasteiger partial charge in [0, 0.05) is 24.7 Å². The summed E-state index contributed by atoms with van der Waals surface area (Å²) in [5.41, 5.74) is 2.99. The molecule has 7 heteroatoms. The molecule has 27 heavy (non-hydrogen) atoms. The summed E-state index contributed by atoms with van der Waals surface area (Å²) in [5.74, 6) is 0. The van der Waals surface area contributed by atoms with E-state index in [0.717, 1.165) is 16.8 Å². The molecule has 1 fully saturated rings. The molecule has 6 nitrogen and oxygen atoms in total. The maximum atomic E-state index is 12.8. The third kappa shape index (κ3) is 3.33. The van der Waals surface area contributed by atoms with Crippen LogP contribution >= 0.6 is 0 Å². The van der Waals surface area contributed by atoms with Gasteiger partial charge in [0.1, 0.15) is 6.61 Å². The second kappa shape index (κ2) is 6.98. The number of carbonyl (C=O) groups excluding carboxylic acids is 1. The summed E-state index contributed by atoms with van der Waals surface area (Å²) in [5, 5.41) is 0. The molecular weight excluding hydrogens is 364 g/mol. The van der Waals surface area contributed by atoms with Crippen molar-refractivity contribution in [2.75, 3.05) is 18.0 Å². The molecule has 4 rings (SSSR count). The molecule has 0 aromatic heterocycles. The molecule has 0 atom stereocenters. The van der Waals surface area contributed by atoms with Gasteiger partial charge in [0.15, 0.2) is 0 Å². The Morgan fingerprint density at radius 3 is 2.44 bits per heavy atom. The van der Waals surface area contributed by atoms with Crippen molar-refractivity contribution in [1.82, 2.24) is 4.31 Å². The number of benzene rings is 2. The lowest BCUT2D eigenvalue weighted by atomic mass is 10.0. The lowest BCUT2D eigenvalue weighted by Crippen LogP contribution is -2.50. The minimum Gasteiger partial charge on any atom is -0.444 e. The Bertz CT molecular complexity index is 951. The molecule has 2 heterocycles. The van der Waals surface area contributed by atoms with E-state index in [1.54, 1.807) is 35.2 Å². The van der Waals surface area contributed by atoms with Gasteiger partial charge in [-0.05, 0) is 38.0 Å². The van der Waals surface area contributed by atoms with E-state index in [1.165, 1.54) is 4.31 Å². The summed E-state index contributed by atoms with van der Waals surface area (Å²) in [7, 11) is -3.50. The highest BCUT2D eigenvalue weighted by molar-refractivity contribution is 7.89. The Kier molecular flexibility index (Phi) is 4.65. The predicted molar refractivity (Wildman–Crippen MR) is 102 cm³/mol. The van der Waals surface area contributed by atoms with Crippen molar-refractivity contribution >= 4 is 21.8 Å². The van der Waals surface area contributed by atoms with Crippen LogP contribution in [0.5, 0.6) is 0 Å². The van der Waals surface area contributed by atoms with Gasteiger partial charge in [0.2, 0.25) is 10.0 Å². The molecule has 1 saturated heterocycles. The Morgan fingerprint density at radius 1 is 1.04 bits per heavy atom. The molecule has 0 unspecified atom stereocenters. The van der Waals surface area contributed by atoms with Crippen LogP contribution in [-0.4, -0.2) is 37.9 Å². The summed E-state index contributed by atoms with van der Waals surface area (Å²) in [6, 6.07) is 14.4. The van der Waals surface area contributed by atoms with Crippen molar-refractivity contribution < 1.29 is 17.9 Å². The lowest BCUT2D eigenvalue weighted by molar-refractivity contribution is 0.135. The zero-order valence-electron chi connectivity index (χ0n) is 15.2. The topological polar surface area (TPSA) is 66.9 Å². The molecule has 1 amide bonds. The first-order valence-electron chi connectivity index (χ1n) is 9.07. The van der Waals surface area contributed by atoms with Crippen molar-refractivity contribution in [3.63, 3.8) is 0 Å². The fourth-order valence-electron chi connectivity index (χ4n) is 3.80. The monoisotopic (exact) mass is 386 g/mol. The fraction of sp³-hybridized carbons (Fsp3) is 0.350. The Morgan fingerprint density at radius 2 is 1.74 bits per heavy atom. The molecule has 2 aliphatic heterocycles. The summed E-state index contributed by atoms with van der Waals surface area (Å²) in [6.07, 6.45) is 0.805. The van der Waals surface area contributed by atoms with E-state index in [1.807, 2.05) is 25.1 Å². The summed E-state index contributed by atoms with van der Waals surface area (Å²) >= 11 is 0. The number of hydrogen-bond acceptors (Lipinski definition) is 4. The van der Waals surface area contributed by atoms with Gasteiger partial charge in [-0.25, -0.2) is 13.2 Å². The molecule has 2 aromatic carbocycles. The molecule has 0 aliphatic carbocycles. The number of hydrogen-bond donors (Lipinski definition) is 0. The van der Waals surface area contributed by atoms with Crippen LogP contribution in [0, 0.1) is 6.92 Å². The van der Waals surface area contributed by atoms with Gasteiger partial charge in [-0.1, -0.05) is 35.9 Å². The van der Waals surface area contributed by atoms with Gasteiger partial charge in [-0.15, -0.1) is 0 Å². The molecule has 0 bridgehead atoms. The van der Waals surface area contributed by atoms with Crippen LogP contribution in [0.15, 0.2) is 53.4 Å². The van der Waals surface area contributed by atoms with E-state index in [-0.39, 0.29) is 18.7 Å². The number of amides is 1. The van der Waals surface area contributed by atoms with Gasteiger partial charge in [0.25, 0.3) is 0 Å². The van der Waals surface area contributed by atoms with E-state index in [0.29, 0.717) is 30.8 Å². The van der Waals surface area contributed by atoms with Crippen LogP contribution in [0.1, 0.15) is 24.0 Å². The van der Waals surface area contributed by atoms with Crippen LogP contribution in [-0.2, 0) is 21.4 Å². The van der Waals surface area contributed by atoms with E-state index in [9.17, 15) is 13.2 Å². The van der Waals surface area contributed by atoms with Crippen molar-refractivity contribution in [3.8, 4) is 0 Å². The fourth-order valence-corrected chi connectivity index (χ4v) is 5.29. The second-order valence-electron chi connectivity index (χ2n) is 7.01. The van der Waals surface area contributed by atoms with E-state index >= 15 is 0 Å². The number of cyclic esters (lactones) is 1. The average Bonchev–Trinajstić information content (AvgIpc) is 2.69. The van der Waals surface area contributed by atoms with Crippen LogP contribution in [0.4, 0.5) is 10.5 Å². The van der Waals surface area contributed by atoms with E-state index in [4.69, 9.17) is 4.74 Å². The number of rotatable bonds is 3. The van der Waals surface area contributed by atoms with Crippen molar-refractivity contribution in [3.05, 3.63) is 59.7 Å². The smallest absolute Gasteiger partial charge is 0.414 e. The Labute approximate surface area is 159 Å². The number of aryl methyl sites for hydroxylation is 1. The number of carbonyl (C=O) groups is 1. The quantitative estimate of drug-likeness (QED) is 0.812. The van der Waals surface area contributed by atoms with Gasteiger partial charge < -0.3 is 4.74 Å². The van der Waals surface area contributed by atoms with Gasteiger partial charge >= 0.3 is 6.09 Å². The molecular formula is C20H22N2O4S. The summed E-state index contributed by atoms with van der Waals surface area (Å²) in [6.45, 7) is 3.06. The maximum Gasteiger partial charge on any atom is 0.414 e. The minimum atomic E-state index is -3.50. The molecule has 0 spiro atoms. The second-order valence-corrected chi connectivity index (χ2v) is 8.94. The lowest BCUT2D eigenvalue weighted by Gasteiger charge is -2.39. The van der Waals surface area contributed by atoms with E-state index < -0.39 is 10.0 Å².